The van der Waals surface area contributed by atoms with Gasteiger partial charge in [-0.2, -0.15) is 0 Å². The van der Waals surface area contributed by atoms with Gasteiger partial charge in [-0.05, 0) is 39.4 Å². The van der Waals surface area contributed by atoms with Crippen LogP contribution >= 0.6 is 27.3 Å². The van der Waals surface area contributed by atoms with E-state index in [1.807, 2.05) is 0 Å². The number of hydrogen-bond acceptors (Lipinski definition) is 2. The van der Waals surface area contributed by atoms with Crippen LogP contribution in [0.1, 0.15) is 24.9 Å². The standard InChI is InChI=1S/C7H10BrNS/c1-2-6(9)5-3-7(8)10-4-5/h3-4,6H,2,9H2,1H3/t6-/m0/s1. The van der Waals surface area contributed by atoms with E-state index in [4.69, 9.17) is 5.73 Å². The van der Waals surface area contributed by atoms with Gasteiger partial charge in [0.25, 0.3) is 0 Å². The van der Waals surface area contributed by atoms with Crippen molar-refractivity contribution < 1.29 is 0 Å². The SMILES string of the molecule is CC[C@H](N)c1csc(Br)c1. The number of nitrogens with two attached hydrogens (primary N) is 1. The van der Waals surface area contributed by atoms with E-state index in [1.165, 1.54) is 5.56 Å². The number of hydrogen-bond donors (Lipinski definition) is 1. The zero-order chi connectivity index (χ0) is 7.56. The Balaban J connectivity index is 2.74. The minimum atomic E-state index is 0.211. The van der Waals surface area contributed by atoms with E-state index in [0.29, 0.717) is 0 Å². The van der Waals surface area contributed by atoms with Crippen molar-refractivity contribution in [3.8, 4) is 0 Å². The average molecular weight is 220 g/mol. The van der Waals surface area contributed by atoms with E-state index in [-0.39, 0.29) is 6.04 Å². The summed E-state index contributed by atoms with van der Waals surface area (Å²) in [5, 5.41) is 2.10. The molecule has 0 aliphatic heterocycles. The summed E-state index contributed by atoms with van der Waals surface area (Å²) in [6, 6.07) is 2.29. The van der Waals surface area contributed by atoms with E-state index in [2.05, 4.69) is 34.3 Å². The van der Waals surface area contributed by atoms with E-state index in [1.54, 1.807) is 11.3 Å². The molecule has 10 heavy (non-hydrogen) atoms. The first-order chi connectivity index (χ1) is 4.74. The molecule has 0 fully saturated rings. The van der Waals surface area contributed by atoms with Gasteiger partial charge >= 0.3 is 0 Å². The normalized spacial score (nSPS) is 13.5. The molecular weight excluding hydrogens is 210 g/mol. The van der Waals surface area contributed by atoms with Crippen LogP contribution in [-0.4, -0.2) is 0 Å². The van der Waals surface area contributed by atoms with Crippen LogP contribution in [0, 0.1) is 0 Å². The second kappa shape index (κ2) is 3.51. The highest BCUT2D eigenvalue weighted by Crippen LogP contribution is 2.25. The molecule has 0 amide bonds. The van der Waals surface area contributed by atoms with Crippen molar-refractivity contribution >= 4 is 27.3 Å². The summed E-state index contributed by atoms with van der Waals surface area (Å²) in [6.07, 6.45) is 1.00. The number of rotatable bonds is 2. The van der Waals surface area contributed by atoms with Gasteiger partial charge in [-0.15, -0.1) is 11.3 Å². The maximum Gasteiger partial charge on any atom is 0.0701 e. The lowest BCUT2D eigenvalue weighted by Gasteiger charge is -2.03. The quantitative estimate of drug-likeness (QED) is 0.814. The molecule has 0 aliphatic carbocycles. The van der Waals surface area contributed by atoms with E-state index in [9.17, 15) is 0 Å². The largest absolute Gasteiger partial charge is 0.324 e. The Kier molecular flexibility index (Phi) is 2.89. The molecule has 0 aromatic carbocycles. The van der Waals surface area contributed by atoms with Crippen LogP contribution in [0.25, 0.3) is 0 Å². The van der Waals surface area contributed by atoms with Crippen LogP contribution in [0.5, 0.6) is 0 Å². The molecule has 0 radical (unpaired) electrons. The smallest absolute Gasteiger partial charge is 0.0701 e. The molecule has 1 nitrogen and oxygen atoms in total. The molecular formula is C7H10BrNS. The van der Waals surface area contributed by atoms with Gasteiger partial charge in [0, 0.05) is 6.04 Å². The van der Waals surface area contributed by atoms with Crippen LogP contribution in [0.15, 0.2) is 15.2 Å². The second-order valence-electron chi connectivity index (χ2n) is 2.20. The fourth-order valence-electron chi connectivity index (χ4n) is 0.754. The van der Waals surface area contributed by atoms with Gasteiger partial charge in [-0.1, -0.05) is 6.92 Å². The van der Waals surface area contributed by atoms with Crippen molar-refractivity contribution in [3.63, 3.8) is 0 Å². The number of thiophene rings is 1. The lowest BCUT2D eigenvalue weighted by atomic mass is 10.1. The van der Waals surface area contributed by atoms with Gasteiger partial charge in [0.2, 0.25) is 0 Å². The van der Waals surface area contributed by atoms with Crippen LogP contribution in [0.4, 0.5) is 0 Å². The Hall–Kier alpha value is 0.140. The van der Waals surface area contributed by atoms with Gasteiger partial charge < -0.3 is 5.73 Å². The average Bonchev–Trinajstić information content (AvgIpc) is 2.34. The summed E-state index contributed by atoms with van der Waals surface area (Å²) < 4.78 is 1.16. The molecule has 0 saturated heterocycles. The summed E-state index contributed by atoms with van der Waals surface area (Å²) in [5.74, 6) is 0. The molecule has 1 rings (SSSR count). The van der Waals surface area contributed by atoms with Gasteiger partial charge in [-0.25, -0.2) is 0 Å². The molecule has 1 heterocycles. The van der Waals surface area contributed by atoms with Crippen LogP contribution < -0.4 is 5.73 Å². The molecule has 2 N–H and O–H groups in total. The van der Waals surface area contributed by atoms with Crippen molar-refractivity contribution in [2.24, 2.45) is 5.73 Å². The van der Waals surface area contributed by atoms with Crippen molar-refractivity contribution in [2.75, 3.05) is 0 Å². The predicted molar refractivity (Wildman–Crippen MR) is 49.2 cm³/mol. The molecule has 0 aliphatic rings. The topological polar surface area (TPSA) is 26.0 Å². The van der Waals surface area contributed by atoms with E-state index in [0.717, 1.165) is 10.2 Å². The molecule has 1 aromatic rings. The number of halogens is 1. The molecule has 0 spiro atoms. The third-order valence-corrected chi connectivity index (χ3v) is 2.98. The highest BCUT2D eigenvalue weighted by atomic mass is 79.9. The molecule has 0 saturated carbocycles. The van der Waals surface area contributed by atoms with Gasteiger partial charge in [0.1, 0.15) is 0 Å². The van der Waals surface area contributed by atoms with E-state index >= 15 is 0 Å². The van der Waals surface area contributed by atoms with Gasteiger partial charge in [-0.3, -0.25) is 0 Å². The first kappa shape index (κ1) is 8.24. The Morgan fingerprint density at radius 1 is 1.80 bits per heavy atom. The van der Waals surface area contributed by atoms with Gasteiger partial charge in [0.15, 0.2) is 0 Å². The lowest BCUT2D eigenvalue weighted by molar-refractivity contribution is 0.701. The minimum absolute atomic E-state index is 0.211. The fraction of sp³-hybridized carbons (Fsp3) is 0.429. The second-order valence-corrected chi connectivity index (χ2v) is 4.49. The monoisotopic (exact) mass is 219 g/mol. The van der Waals surface area contributed by atoms with Crippen molar-refractivity contribution in [1.29, 1.82) is 0 Å². The zero-order valence-electron chi connectivity index (χ0n) is 5.80. The van der Waals surface area contributed by atoms with Crippen LogP contribution in [0.2, 0.25) is 0 Å². The molecule has 0 unspecified atom stereocenters. The maximum absolute atomic E-state index is 5.79. The molecule has 1 atom stereocenters. The third-order valence-electron chi connectivity index (χ3n) is 1.46. The Morgan fingerprint density at radius 2 is 2.50 bits per heavy atom. The van der Waals surface area contributed by atoms with Crippen LogP contribution in [-0.2, 0) is 0 Å². The molecule has 56 valence electrons. The summed E-state index contributed by atoms with van der Waals surface area (Å²) in [4.78, 5) is 0. The first-order valence-corrected chi connectivity index (χ1v) is 4.90. The fourth-order valence-corrected chi connectivity index (χ4v) is 1.99. The summed E-state index contributed by atoms with van der Waals surface area (Å²) in [6.45, 7) is 2.09. The first-order valence-electron chi connectivity index (χ1n) is 3.23. The Bertz CT molecular complexity index is 209. The molecule has 1 aromatic heterocycles. The maximum atomic E-state index is 5.79. The lowest BCUT2D eigenvalue weighted by Crippen LogP contribution is -2.06. The molecule has 0 bridgehead atoms. The minimum Gasteiger partial charge on any atom is -0.324 e. The Morgan fingerprint density at radius 3 is 2.90 bits per heavy atom. The summed E-state index contributed by atoms with van der Waals surface area (Å²) in [5.41, 5.74) is 7.03. The summed E-state index contributed by atoms with van der Waals surface area (Å²) >= 11 is 5.08. The summed E-state index contributed by atoms with van der Waals surface area (Å²) in [7, 11) is 0. The predicted octanol–water partition coefficient (Wildman–Crippen LogP) is 2.92. The highest BCUT2D eigenvalue weighted by Gasteiger charge is 2.03. The van der Waals surface area contributed by atoms with Crippen LogP contribution in [0.3, 0.4) is 0 Å². The third kappa shape index (κ3) is 1.81. The van der Waals surface area contributed by atoms with Crippen molar-refractivity contribution in [3.05, 3.63) is 20.8 Å². The molecule has 3 heteroatoms. The highest BCUT2D eigenvalue weighted by molar-refractivity contribution is 9.11. The van der Waals surface area contributed by atoms with Crippen molar-refractivity contribution in [2.45, 2.75) is 19.4 Å². The zero-order valence-corrected chi connectivity index (χ0v) is 8.21. The van der Waals surface area contributed by atoms with Gasteiger partial charge in [0.05, 0.1) is 3.79 Å². The van der Waals surface area contributed by atoms with Crippen molar-refractivity contribution in [1.82, 2.24) is 0 Å². The van der Waals surface area contributed by atoms with E-state index < -0.39 is 0 Å². The Labute approximate surface area is 73.4 Å².